The van der Waals surface area contributed by atoms with E-state index in [0.717, 1.165) is 17.7 Å². The van der Waals surface area contributed by atoms with Gasteiger partial charge in [-0.2, -0.15) is 18.3 Å². The maximum absolute atomic E-state index is 12.8. The van der Waals surface area contributed by atoms with Crippen LogP contribution in [-0.2, 0) is 12.7 Å². The van der Waals surface area contributed by atoms with Gasteiger partial charge in [-0.3, -0.25) is 0 Å². The average molecular weight is 317 g/mol. The molecule has 3 rings (SSSR count). The Hall–Kier alpha value is -2.63. The van der Waals surface area contributed by atoms with Gasteiger partial charge in [0.25, 0.3) is 0 Å². The highest BCUT2D eigenvalue weighted by molar-refractivity contribution is 5.55. The predicted octanol–water partition coefficient (Wildman–Crippen LogP) is 4.32. The van der Waals surface area contributed by atoms with Gasteiger partial charge in [0.2, 0.25) is 0 Å². The minimum atomic E-state index is -4.35. The standard InChI is InChI=1S/C17H14F3N3/c1-12-21-16(14-7-3-2-4-8-14)23(22-12)11-13-6-5-9-15(10-13)17(18,19)20/h2-10H,11H2,1H3. The van der Waals surface area contributed by atoms with E-state index in [0.29, 0.717) is 17.2 Å². The molecule has 0 saturated heterocycles. The van der Waals surface area contributed by atoms with Crippen LogP contribution in [0.4, 0.5) is 13.2 Å². The van der Waals surface area contributed by atoms with Crippen molar-refractivity contribution < 1.29 is 13.2 Å². The van der Waals surface area contributed by atoms with Gasteiger partial charge in [0.05, 0.1) is 12.1 Å². The second-order valence-electron chi connectivity index (χ2n) is 5.20. The van der Waals surface area contributed by atoms with E-state index < -0.39 is 11.7 Å². The lowest BCUT2D eigenvalue weighted by Gasteiger charge is -2.10. The zero-order chi connectivity index (χ0) is 16.4. The van der Waals surface area contributed by atoms with Gasteiger partial charge in [-0.1, -0.05) is 42.5 Å². The molecule has 0 saturated carbocycles. The zero-order valence-electron chi connectivity index (χ0n) is 12.4. The van der Waals surface area contributed by atoms with Crippen LogP contribution in [0.2, 0.25) is 0 Å². The largest absolute Gasteiger partial charge is 0.416 e. The fourth-order valence-electron chi connectivity index (χ4n) is 2.39. The summed E-state index contributed by atoms with van der Waals surface area (Å²) in [6.07, 6.45) is -4.35. The van der Waals surface area contributed by atoms with Crippen molar-refractivity contribution in [3.05, 3.63) is 71.5 Å². The summed E-state index contributed by atoms with van der Waals surface area (Å²) in [6, 6.07) is 14.7. The molecule has 0 aliphatic rings. The molecule has 2 aromatic carbocycles. The minimum Gasteiger partial charge on any atom is -0.241 e. The second kappa shape index (κ2) is 5.87. The van der Waals surface area contributed by atoms with Crippen molar-refractivity contribution in [2.75, 3.05) is 0 Å². The van der Waals surface area contributed by atoms with Crippen molar-refractivity contribution in [1.82, 2.24) is 14.8 Å². The molecule has 6 heteroatoms. The van der Waals surface area contributed by atoms with Crippen LogP contribution >= 0.6 is 0 Å². The zero-order valence-corrected chi connectivity index (χ0v) is 12.4. The number of hydrogen-bond donors (Lipinski definition) is 0. The van der Waals surface area contributed by atoms with Gasteiger partial charge >= 0.3 is 6.18 Å². The molecule has 3 nitrogen and oxygen atoms in total. The third kappa shape index (κ3) is 3.41. The molecule has 1 heterocycles. The molecule has 0 aliphatic carbocycles. The smallest absolute Gasteiger partial charge is 0.241 e. The molecule has 23 heavy (non-hydrogen) atoms. The summed E-state index contributed by atoms with van der Waals surface area (Å²) in [7, 11) is 0. The van der Waals surface area contributed by atoms with E-state index in [1.807, 2.05) is 30.3 Å². The number of benzene rings is 2. The Morgan fingerprint density at radius 2 is 1.74 bits per heavy atom. The fourth-order valence-corrected chi connectivity index (χ4v) is 2.39. The third-order valence-corrected chi connectivity index (χ3v) is 3.40. The maximum atomic E-state index is 12.8. The fraction of sp³-hybridized carbons (Fsp3) is 0.176. The van der Waals surface area contributed by atoms with Crippen LogP contribution < -0.4 is 0 Å². The molecule has 0 N–H and O–H groups in total. The first-order valence-electron chi connectivity index (χ1n) is 7.06. The van der Waals surface area contributed by atoms with Crippen molar-refractivity contribution in [1.29, 1.82) is 0 Å². The van der Waals surface area contributed by atoms with Gasteiger partial charge in [0.1, 0.15) is 5.82 Å². The van der Waals surface area contributed by atoms with E-state index in [2.05, 4.69) is 10.1 Å². The molecule has 1 aromatic heterocycles. The molecule has 0 radical (unpaired) electrons. The van der Waals surface area contributed by atoms with Crippen molar-refractivity contribution in [3.8, 4) is 11.4 Å². The molecule has 0 atom stereocenters. The van der Waals surface area contributed by atoms with Gasteiger partial charge in [-0.15, -0.1) is 0 Å². The quantitative estimate of drug-likeness (QED) is 0.720. The van der Waals surface area contributed by atoms with Crippen LogP contribution in [0, 0.1) is 6.92 Å². The number of aromatic nitrogens is 3. The molecule has 118 valence electrons. The summed E-state index contributed by atoms with van der Waals surface area (Å²) in [5, 5.41) is 4.30. The average Bonchev–Trinajstić information content (AvgIpc) is 2.88. The topological polar surface area (TPSA) is 30.7 Å². The van der Waals surface area contributed by atoms with Crippen molar-refractivity contribution in [2.45, 2.75) is 19.6 Å². The highest BCUT2D eigenvalue weighted by atomic mass is 19.4. The maximum Gasteiger partial charge on any atom is 0.416 e. The van der Waals surface area contributed by atoms with Crippen LogP contribution in [0.3, 0.4) is 0 Å². The Morgan fingerprint density at radius 1 is 1.00 bits per heavy atom. The molecule has 0 unspecified atom stereocenters. The number of hydrogen-bond acceptors (Lipinski definition) is 2. The molecule has 0 amide bonds. The second-order valence-corrected chi connectivity index (χ2v) is 5.20. The van der Waals surface area contributed by atoms with Crippen molar-refractivity contribution >= 4 is 0 Å². The van der Waals surface area contributed by atoms with Gasteiger partial charge in [0.15, 0.2) is 5.82 Å². The Kier molecular flexibility index (Phi) is 3.90. The van der Waals surface area contributed by atoms with Crippen molar-refractivity contribution in [2.24, 2.45) is 0 Å². The Bertz CT molecular complexity index is 807. The number of nitrogens with zero attached hydrogens (tertiary/aromatic N) is 3. The Labute approximate surface area is 131 Å². The number of halogens is 3. The van der Waals surface area contributed by atoms with Gasteiger partial charge in [-0.05, 0) is 24.6 Å². The molecular weight excluding hydrogens is 303 g/mol. The third-order valence-electron chi connectivity index (χ3n) is 3.40. The molecule has 3 aromatic rings. The number of aryl methyl sites for hydroxylation is 1. The lowest BCUT2D eigenvalue weighted by Crippen LogP contribution is -2.08. The molecule has 0 bridgehead atoms. The van der Waals surface area contributed by atoms with E-state index in [-0.39, 0.29) is 6.54 Å². The van der Waals surface area contributed by atoms with Gasteiger partial charge in [-0.25, -0.2) is 9.67 Å². The molecule has 0 aliphatic heterocycles. The van der Waals surface area contributed by atoms with Gasteiger partial charge in [0, 0.05) is 5.56 Å². The van der Waals surface area contributed by atoms with E-state index >= 15 is 0 Å². The van der Waals surface area contributed by atoms with E-state index in [4.69, 9.17) is 0 Å². The first-order valence-corrected chi connectivity index (χ1v) is 7.06. The van der Waals surface area contributed by atoms with Crippen LogP contribution in [0.1, 0.15) is 17.0 Å². The summed E-state index contributed by atoms with van der Waals surface area (Å²) in [5.74, 6) is 1.22. The summed E-state index contributed by atoms with van der Waals surface area (Å²) in [6.45, 7) is 1.99. The Balaban J connectivity index is 1.96. The lowest BCUT2D eigenvalue weighted by molar-refractivity contribution is -0.137. The van der Waals surface area contributed by atoms with Crippen LogP contribution in [0.25, 0.3) is 11.4 Å². The monoisotopic (exact) mass is 317 g/mol. The highest BCUT2D eigenvalue weighted by Gasteiger charge is 2.30. The summed E-state index contributed by atoms with van der Waals surface area (Å²) < 4.78 is 40.1. The highest BCUT2D eigenvalue weighted by Crippen LogP contribution is 2.30. The number of rotatable bonds is 3. The summed E-state index contributed by atoms with van der Waals surface area (Å²) in [5.41, 5.74) is 0.745. The van der Waals surface area contributed by atoms with E-state index in [1.54, 1.807) is 17.7 Å². The van der Waals surface area contributed by atoms with Crippen molar-refractivity contribution in [3.63, 3.8) is 0 Å². The first kappa shape index (κ1) is 15.3. The lowest BCUT2D eigenvalue weighted by atomic mass is 10.1. The predicted molar refractivity (Wildman–Crippen MR) is 80.7 cm³/mol. The Morgan fingerprint density at radius 3 is 2.43 bits per heavy atom. The van der Waals surface area contributed by atoms with Crippen LogP contribution in [-0.4, -0.2) is 14.8 Å². The van der Waals surface area contributed by atoms with Crippen LogP contribution in [0.15, 0.2) is 54.6 Å². The van der Waals surface area contributed by atoms with E-state index in [9.17, 15) is 13.2 Å². The van der Waals surface area contributed by atoms with Gasteiger partial charge < -0.3 is 0 Å². The molecule has 0 spiro atoms. The normalized spacial score (nSPS) is 11.7. The first-order chi connectivity index (χ1) is 10.9. The molecule has 0 fully saturated rings. The number of alkyl halides is 3. The van der Waals surface area contributed by atoms with Crippen LogP contribution in [0.5, 0.6) is 0 Å². The summed E-state index contributed by atoms with van der Waals surface area (Å²) >= 11 is 0. The minimum absolute atomic E-state index is 0.231. The van der Waals surface area contributed by atoms with E-state index in [1.165, 1.54) is 6.07 Å². The molecular formula is C17H14F3N3. The SMILES string of the molecule is Cc1nc(-c2ccccc2)n(Cc2cccc(C(F)(F)F)c2)n1. The summed E-state index contributed by atoms with van der Waals surface area (Å²) in [4.78, 5) is 4.38.